The van der Waals surface area contributed by atoms with E-state index in [4.69, 9.17) is 9.47 Å². The van der Waals surface area contributed by atoms with E-state index in [0.717, 1.165) is 6.07 Å². The van der Waals surface area contributed by atoms with E-state index in [1.807, 2.05) is 0 Å². The number of fused-ring (bicyclic) bond motifs is 1. The molecule has 1 aliphatic rings. The van der Waals surface area contributed by atoms with Crippen molar-refractivity contribution in [1.82, 2.24) is 10.9 Å². The molecular formula is C17H15FN2O4. The van der Waals surface area contributed by atoms with Gasteiger partial charge in [0, 0.05) is 5.56 Å². The monoisotopic (exact) mass is 330 g/mol. The zero-order valence-corrected chi connectivity index (χ0v) is 12.8. The second-order valence-electron chi connectivity index (χ2n) is 5.27. The molecule has 6 nitrogen and oxygen atoms in total. The Morgan fingerprint density at radius 3 is 2.67 bits per heavy atom. The van der Waals surface area contributed by atoms with Gasteiger partial charge in [-0.05, 0) is 36.8 Å². The lowest BCUT2D eigenvalue weighted by atomic mass is 10.1. The molecule has 24 heavy (non-hydrogen) atoms. The number of carbonyl (C=O) groups is 2. The lowest BCUT2D eigenvalue weighted by Crippen LogP contribution is -2.50. The molecule has 0 radical (unpaired) electrons. The van der Waals surface area contributed by atoms with Gasteiger partial charge in [0.15, 0.2) is 11.5 Å². The third-order valence-electron chi connectivity index (χ3n) is 3.54. The summed E-state index contributed by atoms with van der Waals surface area (Å²) >= 11 is 0. The number of hydrogen-bond acceptors (Lipinski definition) is 4. The molecule has 2 aromatic rings. The van der Waals surface area contributed by atoms with E-state index in [9.17, 15) is 14.0 Å². The second-order valence-corrected chi connectivity index (χ2v) is 5.27. The Balaban J connectivity index is 1.60. The lowest BCUT2D eigenvalue weighted by molar-refractivity contribution is -0.131. The van der Waals surface area contributed by atoms with Gasteiger partial charge >= 0.3 is 0 Å². The topological polar surface area (TPSA) is 76.7 Å². The van der Waals surface area contributed by atoms with Crippen molar-refractivity contribution in [2.45, 2.75) is 13.0 Å². The van der Waals surface area contributed by atoms with Crippen molar-refractivity contribution in [2.75, 3.05) is 6.61 Å². The average molecular weight is 330 g/mol. The zero-order valence-electron chi connectivity index (χ0n) is 12.8. The van der Waals surface area contributed by atoms with Crippen LogP contribution in [0.4, 0.5) is 4.39 Å². The van der Waals surface area contributed by atoms with Gasteiger partial charge in [-0.1, -0.05) is 18.2 Å². The molecule has 1 atom stereocenters. The molecule has 0 fully saturated rings. The molecular weight excluding hydrogens is 315 g/mol. The van der Waals surface area contributed by atoms with Crippen LogP contribution in [0, 0.1) is 12.7 Å². The highest BCUT2D eigenvalue weighted by Crippen LogP contribution is 2.30. The SMILES string of the molecule is Cc1ccc(F)cc1C(=O)NNC(=O)C1COc2ccccc2O1. The summed E-state index contributed by atoms with van der Waals surface area (Å²) in [6.45, 7) is 1.70. The number of benzene rings is 2. The molecule has 0 saturated heterocycles. The quantitative estimate of drug-likeness (QED) is 0.822. The van der Waals surface area contributed by atoms with Crippen LogP contribution in [0.2, 0.25) is 0 Å². The van der Waals surface area contributed by atoms with Crippen LogP contribution >= 0.6 is 0 Å². The van der Waals surface area contributed by atoms with Crippen LogP contribution in [0.5, 0.6) is 11.5 Å². The molecule has 0 saturated carbocycles. The minimum Gasteiger partial charge on any atom is -0.485 e. The first-order valence-electron chi connectivity index (χ1n) is 7.29. The van der Waals surface area contributed by atoms with Crippen LogP contribution in [0.25, 0.3) is 0 Å². The van der Waals surface area contributed by atoms with Crippen LogP contribution in [-0.2, 0) is 4.79 Å². The highest BCUT2D eigenvalue weighted by Gasteiger charge is 2.27. The summed E-state index contributed by atoms with van der Waals surface area (Å²) < 4.78 is 24.2. The maximum Gasteiger partial charge on any atom is 0.283 e. The van der Waals surface area contributed by atoms with E-state index in [0.29, 0.717) is 17.1 Å². The summed E-state index contributed by atoms with van der Waals surface area (Å²) in [4.78, 5) is 24.1. The van der Waals surface area contributed by atoms with Crippen molar-refractivity contribution in [2.24, 2.45) is 0 Å². The normalized spacial score (nSPS) is 15.5. The Hall–Kier alpha value is -3.09. The van der Waals surface area contributed by atoms with Crippen LogP contribution in [0.15, 0.2) is 42.5 Å². The second kappa shape index (κ2) is 6.57. The summed E-state index contributed by atoms with van der Waals surface area (Å²) in [5.74, 6) is -0.695. The minimum absolute atomic E-state index is 0.0255. The van der Waals surface area contributed by atoms with Gasteiger partial charge in [0.25, 0.3) is 11.8 Å². The molecule has 124 valence electrons. The smallest absolute Gasteiger partial charge is 0.283 e. The summed E-state index contributed by atoms with van der Waals surface area (Å²) in [6.07, 6.45) is -0.895. The fourth-order valence-electron chi connectivity index (χ4n) is 2.25. The van der Waals surface area contributed by atoms with Crippen LogP contribution < -0.4 is 20.3 Å². The van der Waals surface area contributed by atoms with Gasteiger partial charge in [0.05, 0.1) is 0 Å². The van der Waals surface area contributed by atoms with Gasteiger partial charge in [0.2, 0.25) is 6.10 Å². The van der Waals surface area contributed by atoms with E-state index in [1.165, 1.54) is 12.1 Å². The summed E-state index contributed by atoms with van der Waals surface area (Å²) in [7, 11) is 0. The molecule has 3 rings (SSSR count). The fourth-order valence-corrected chi connectivity index (χ4v) is 2.25. The Labute approximate surface area is 137 Å². The highest BCUT2D eigenvalue weighted by molar-refractivity contribution is 5.97. The van der Waals surface area contributed by atoms with Crippen molar-refractivity contribution >= 4 is 11.8 Å². The lowest BCUT2D eigenvalue weighted by Gasteiger charge is -2.25. The van der Waals surface area contributed by atoms with E-state index < -0.39 is 23.7 Å². The molecule has 2 N–H and O–H groups in total. The first-order valence-corrected chi connectivity index (χ1v) is 7.29. The minimum atomic E-state index is -0.895. The van der Waals surface area contributed by atoms with Gasteiger partial charge in [-0.2, -0.15) is 0 Å². The number of para-hydroxylation sites is 2. The summed E-state index contributed by atoms with van der Waals surface area (Å²) in [6, 6.07) is 10.8. The average Bonchev–Trinajstić information content (AvgIpc) is 2.61. The molecule has 7 heteroatoms. The van der Waals surface area contributed by atoms with E-state index in [2.05, 4.69) is 10.9 Å². The number of hydrazine groups is 1. The molecule has 1 aliphatic heterocycles. The summed E-state index contributed by atoms with van der Waals surface area (Å²) in [5.41, 5.74) is 5.24. The molecule has 1 heterocycles. The zero-order chi connectivity index (χ0) is 17.1. The fraction of sp³-hybridized carbons (Fsp3) is 0.176. The van der Waals surface area contributed by atoms with Crippen molar-refractivity contribution in [1.29, 1.82) is 0 Å². The number of halogens is 1. The molecule has 0 aliphatic carbocycles. The van der Waals surface area contributed by atoms with E-state index in [-0.39, 0.29) is 12.2 Å². The molecule has 0 spiro atoms. The number of hydrogen-bond donors (Lipinski definition) is 2. The van der Waals surface area contributed by atoms with E-state index >= 15 is 0 Å². The first kappa shape index (κ1) is 15.8. The van der Waals surface area contributed by atoms with Gasteiger partial charge in [-0.3, -0.25) is 20.4 Å². The van der Waals surface area contributed by atoms with Gasteiger partial charge in [0.1, 0.15) is 12.4 Å². The molecule has 0 bridgehead atoms. The standard InChI is InChI=1S/C17H15FN2O4/c1-10-6-7-11(18)8-12(10)16(21)19-20-17(22)15-9-23-13-4-2-3-5-14(13)24-15/h2-8,15H,9H2,1H3,(H,19,21)(H,20,22). The number of nitrogens with one attached hydrogen (secondary N) is 2. The number of rotatable bonds is 2. The predicted molar refractivity (Wildman–Crippen MR) is 83.1 cm³/mol. The number of amides is 2. The van der Waals surface area contributed by atoms with Gasteiger partial charge in [-0.25, -0.2) is 4.39 Å². The van der Waals surface area contributed by atoms with Crippen molar-refractivity contribution in [3.8, 4) is 11.5 Å². The molecule has 2 amide bonds. The molecule has 0 aromatic heterocycles. The Kier molecular flexibility index (Phi) is 4.33. The summed E-state index contributed by atoms with van der Waals surface area (Å²) in [5, 5.41) is 0. The third-order valence-corrected chi connectivity index (χ3v) is 3.54. The van der Waals surface area contributed by atoms with Crippen LogP contribution in [-0.4, -0.2) is 24.5 Å². The van der Waals surface area contributed by atoms with Crippen molar-refractivity contribution in [3.63, 3.8) is 0 Å². The largest absolute Gasteiger partial charge is 0.485 e. The molecule has 1 unspecified atom stereocenters. The van der Waals surface area contributed by atoms with Crippen LogP contribution in [0.1, 0.15) is 15.9 Å². The van der Waals surface area contributed by atoms with Gasteiger partial charge < -0.3 is 9.47 Å². The Morgan fingerprint density at radius 1 is 1.12 bits per heavy atom. The van der Waals surface area contributed by atoms with Gasteiger partial charge in [-0.15, -0.1) is 0 Å². The van der Waals surface area contributed by atoms with Crippen molar-refractivity contribution < 1.29 is 23.5 Å². The van der Waals surface area contributed by atoms with E-state index in [1.54, 1.807) is 31.2 Å². The Bertz CT molecular complexity index is 794. The first-order chi connectivity index (χ1) is 11.5. The molecule has 2 aromatic carbocycles. The Morgan fingerprint density at radius 2 is 1.88 bits per heavy atom. The van der Waals surface area contributed by atoms with Crippen LogP contribution in [0.3, 0.4) is 0 Å². The predicted octanol–water partition coefficient (Wildman–Crippen LogP) is 1.74. The number of ether oxygens (including phenoxy) is 2. The highest BCUT2D eigenvalue weighted by atomic mass is 19.1. The number of carbonyl (C=O) groups excluding carboxylic acids is 2. The third kappa shape index (κ3) is 3.29. The van der Waals surface area contributed by atoms with Crippen molar-refractivity contribution in [3.05, 3.63) is 59.4 Å². The maximum atomic E-state index is 13.2. The number of aryl methyl sites for hydroxylation is 1. The maximum absolute atomic E-state index is 13.2.